The summed E-state index contributed by atoms with van der Waals surface area (Å²) in [5, 5.41) is 3.68. The van der Waals surface area contributed by atoms with Crippen LogP contribution in [-0.2, 0) is 16.6 Å². The lowest BCUT2D eigenvalue weighted by atomic mass is 9.95. The molecule has 5 nitrogen and oxygen atoms in total. The van der Waals surface area contributed by atoms with Gasteiger partial charge in [0.25, 0.3) is 15.9 Å². The Hall–Kier alpha value is -2.83. The van der Waals surface area contributed by atoms with E-state index < -0.39 is 10.0 Å². The van der Waals surface area contributed by atoms with Crippen molar-refractivity contribution < 1.29 is 13.2 Å². The lowest BCUT2D eigenvalue weighted by molar-refractivity contribution is 0.0923. The molecule has 182 valence electrons. The van der Waals surface area contributed by atoms with Crippen molar-refractivity contribution in [3.05, 3.63) is 94.5 Å². The van der Waals surface area contributed by atoms with Gasteiger partial charge in [-0.25, -0.2) is 8.42 Å². The van der Waals surface area contributed by atoms with Crippen molar-refractivity contribution in [2.24, 2.45) is 11.8 Å². The smallest absolute Gasteiger partial charge is 0.264 e. The number of carbonyl (C=O) groups excluding carboxylic acids is 1. The van der Waals surface area contributed by atoms with Crippen molar-refractivity contribution in [2.45, 2.75) is 50.1 Å². The van der Waals surface area contributed by atoms with Gasteiger partial charge in [0.05, 0.1) is 17.1 Å². The van der Waals surface area contributed by atoms with Crippen LogP contribution >= 0.6 is 11.6 Å². The number of halogens is 1. The molecule has 0 aromatic heterocycles. The SMILES string of the molecule is Cc1ccc(Cl)cc1N(Cc1ccc(C(=O)N[C@@H]2C[C@H]3CC[C@H]2C3)cc1)S(=O)(=O)c1ccccc1. The summed E-state index contributed by atoms with van der Waals surface area (Å²) in [6, 6.07) is 21.1. The van der Waals surface area contributed by atoms with Crippen molar-refractivity contribution in [3.8, 4) is 0 Å². The van der Waals surface area contributed by atoms with Crippen molar-refractivity contribution in [1.82, 2.24) is 5.32 Å². The molecule has 0 heterocycles. The van der Waals surface area contributed by atoms with Crippen LogP contribution in [0.4, 0.5) is 5.69 Å². The van der Waals surface area contributed by atoms with Gasteiger partial charge in [-0.1, -0.05) is 54.4 Å². The maximum Gasteiger partial charge on any atom is 0.264 e. The topological polar surface area (TPSA) is 66.5 Å². The second kappa shape index (κ2) is 9.67. The normalized spacial score (nSPS) is 21.1. The molecule has 1 amide bonds. The fraction of sp³-hybridized carbons (Fsp3) is 0.321. The summed E-state index contributed by atoms with van der Waals surface area (Å²) in [6.45, 7) is 1.98. The number of amides is 1. The summed E-state index contributed by atoms with van der Waals surface area (Å²) in [5.74, 6) is 1.31. The van der Waals surface area contributed by atoms with Crippen LogP contribution in [0.3, 0.4) is 0 Å². The Bertz CT molecular complexity index is 1330. The molecular weight excluding hydrogens is 480 g/mol. The number of nitrogens with one attached hydrogen (secondary N) is 1. The van der Waals surface area contributed by atoms with Crippen LogP contribution in [0, 0.1) is 18.8 Å². The lowest BCUT2D eigenvalue weighted by Crippen LogP contribution is -2.38. The first-order chi connectivity index (χ1) is 16.8. The number of fused-ring (bicyclic) bond motifs is 2. The average molecular weight is 509 g/mol. The van der Waals surface area contributed by atoms with E-state index in [0.29, 0.717) is 22.2 Å². The Morgan fingerprint density at radius 2 is 1.74 bits per heavy atom. The van der Waals surface area contributed by atoms with E-state index in [2.05, 4.69) is 5.32 Å². The molecule has 2 aliphatic carbocycles. The number of sulfonamides is 1. The molecule has 2 bridgehead atoms. The van der Waals surface area contributed by atoms with E-state index in [1.54, 1.807) is 54.6 Å². The predicted molar refractivity (Wildman–Crippen MR) is 139 cm³/mol. The fourth-order valence-electron chi connectivity index (χ4n) is 5.47. The zero-order valence-electron chi connectivity index (χ0n) is 19.7. The van der Waals surface area contributed by atoms with Gasteiger partial charge in [-0.15, -0.1) is 0 Å². The first-order valence-corrected chi connectivity index (χ1v) is 13.9. The molecule has 2 aliphatic rings. The molecule has 1 N–H and O–H groups in total. The van der Waals surface area contributed by atoms with Crippen LogP contribution in [-0.4, -0.2) is 20.4 Å². The molecule has 2 saturated carbocycles. The largest absolute Gasteiger partial charge is 0.349 e. The number of aryl methyl sites for hydroxylation is 1. The highest BCUT2D eigenvalue weighted by Gasteiger charge is 2.40. The summed E-state index contributed by atoms with van der Waals surface area (Å²) < 4.78 is 28.7. The van der Waals surface area contributed by atoms with Crippen molar-refractivity contribution in [2.75, 3.05) is 4.31 Å². The molecule has 0 radical (unpaired) electrons. The fourth-order valence-corrected chi connectivity index (χ4v) is 7.17. The second-order valence-corrected chi connectivity index (χ2v) is 12.0. The number of hydrogen-bond donors (Lipinski definition) is 1. The quantitative estimate of drug-likeness (QED) is 0.428. The zero-order valence-corrected chi connectivity index (χ0v) is 21.2. The van der Waals surface area contributed by atoms with Gasteiger partial charge >= 0.3 is 0 Å². The van der Waals surface area contributed by atoms with Gasteiger partial charge < -0.3 is 5.32 Å². The molecule has 3 aromatic rings. The van der Waals surface area contributed by atoms with Crippen LogP contribution in [0.25, 0.3) is 0 Å². The van der Waals surface area contributed by atoms with E-state index in [4.69, 9.17) is 11.6 Å². The predicted octanol–water partition coefficient (Wildman–Crippen LogP) is 5.96. The molecule has 35 heavy (non-hydrogen) atoms. The minimum Gasteiger partial charge on any atom is -0.349 e. The Morgan fingerprint density at radius 1 is 1.00 bits per heavy atom. The van der Waals surface area contributed by atoms with E-state index >= 15 is 0 Å². The summed E-state index contributed by atoms with van der Waals surface area (Å²) in [4.78, 5) is 13.0. The van der Waals surface area contributed by atoms with Crippen molar-refractivity contribution >= 4 is 33.2 Å². The van der Waals surface area contributed by atoms with Crippen LogP contribution in [0.2, 0.25) is 5.02 Å². The first-order valence-electron chi connectivity index (χ1n) is 12.0. The van der Waals surface area contributed by atoms with Gasteiger partial charge in [-0.05, 0) is 85.5 Å². The Balaban J connectivity index is 1.39. The molecule has 3 aromatic carbocycles. The Morgan fingerprint density at radius 3 is 2.40 bits per heavy atom. The minimum absolute atomic E-state index is 0.0615. The number of carbonyl (C=O) groups is 1. The van der Waals surface area contributed by atoms with Gasteiger partial charge in [0.2, 0.25) is 0 Å². The molecular formula is C28H29ClN2O3S. The first kappa shape index (κ1) is 23.9. The molecule has 0 unspecified atom stereocenters. The summed E-state index contributed by atoms with van der Waals surface area (Å²) >= 11 is 6.24. The summed E-state index contributed by atoms with van der Waals surface area (Å²) in [7, 11) is -3.84. The molecule has 2 fully saturated rings. The maximum absolute atomic E-state index is 13.7. The van der Waals surface area contributed by atoms with Crippen LogP contribution in [0.5, 0.6) is 0 Å². The molecule has 5 rings (SSSR count). The molecule has 7 heteroatoms. The third-order valence-electron chi connectivity index (χ3n) is 7.37. The number of anilines is 1. The van der Waals surface area contributed by atoms with E-state index in [0.717, 1.165) is 23.5 Å². The van der Waals surface area contributed by atoms with E-state index in [-0.39, 0.29) is 23.4 Å². The molecule has 0 saturated heterocycles. The molecule has 0 aliphatic heterocycles. The standard InChI is InChI=1S/C28H29ClN2O3S/c1-19-7-14-24(29)17-27(19)31(35(33,34)25-5-3-2-4-6-25)18-20-8-11-22(12-9-20)28(32)30-26-16-21-10-13-23(26)15-21/h2-9,11-12,14,17,21,23,26H,10,13,15-16,18H2,1H3,(H,30,32)/t21-,23-,26+/m0/s1. The highest BCUT2D eigenvalue weighted by atomic mass is 35.5. The van der Waals surface area contributed by atoms with Crippen molar-refractivity contribution in [1.29, 1.82) is 0 Å². The van der Waals surface area contributed by atoms with Gasteiger partial charge in [-0.3, -0.25) is 9.10 Å². The maximum atomic E-state index is 13.7. The third kappa shape index (κ3) is 4.95. The Kier molecular flexibility index (Phi) is 6.60. The minimum atomic E-state index is -3.84. The monoisotopic (exact) mass is 508 g/mol. The number of nitrogens with zero attached hydrogens (tertiary/aromatic N) is 1. The van der Waals surface area contributed by atoms with E-state index in [1.807, 2.05) is 25.1 Å². The van der Waals surface area contributed by atoms with Crippen LogP contribution in [0.1, 0.15) is 47.2 Å². The van der Waals surface area contributed by atoms with E-state index in [1.165, 1.54) is 23.6 Å². The van der Waals surface area contributed by atoms with Gasteiger partial charge in [0, 0.05) is 16.6 Å². The summed E-state index contributed by atoms with van der Waals surface area (Å²) in [6.07, 6.45) is 4.82. The Labute approximate surface area is 212 Å². The average Bonchev–Trinajstić information content (AvgIpc) is 3.48. The number of rotatable bonds is 7. The second-order valence-electron chi connectivity index (χ2n) is 9.71. The lowest BCUT2D eigenvalue weighted by Gasteiger charge is -2.26. The van der Waals surface area contributed by atoms with Crippen LogP contribution in [0.15, 0.2) is 77.7 Å². The van der Waals surface area contributed by atoms with Gasteiger partial charge in [0.15, 0.2) is 0 Å². The van der Waals surface area contributed by atoms with Crippen molar-refractivity contribution in [3.63, 3.8) is 0 Å². The highest BCUT2D eigenvalue weighted by molar-refractivity contribution is 7.92. The molecule has 0 spiro atoms. The highest BCUT2D eigenvalue weighted by Crippen LogP contribution is 2.44. The van der Waals surface area contributed by atoms with E-state index in [9.17, 15) is 13.2 Å². The zero-order chi connectivity index (χ0) is 24.6. The molecule has 3 atom stereocenters. The van der Waals surface area contributed by atoms with Gasteiger partial charge in [-0.2, -0.15) is 0 Å². The summed E-state index contributed by atoms with van der Waals surface area (Å²) in [5.41, 5.74) is 2.70. The number of hydrogen-bond acceptors (Lipinski definition) is 3. The van der Waals surface area contributed by atoms with Gasteiger partial charge in [0.1, 0.15) is 0 Å². The van der Waals surface area contributed by atoms with Crippen LogP contribution < -0.4 is 9.62 Å². The third-order valence-corrected chi connectivity index (χ3v) is 9.38. The number of benzene rings is 3.